The monoisotopic (exact) mass is 267 g/mol. The summed E-state index contributed by atoms with van der Waals surface area (Å²) in [5.41, 5.74) is 7.82. The molecule has 0 radical (unpaired) electrons. The first-order valence-corrected chi connectivity index (χ1v) is 7.09. The predicted molar refractivity (Wildman–Crippen MR) is 75.8 cm³/mol. The minimum absolute atomic E-state index is 0.105. The molecule has 18 heavy (non-hydrogen) atoms. The topological polar surface area (TPSA) is 46.2 Å². The van der Waals surface area contributed by atoms with Gasteiger partial charge in [-0.25, -0.2) is 0 Å². The van der Waals surface area contributed by atoms with Crippen LogP contribution in [0.5, 0.6) is 0 Å². The van der Waals surface area contributed by atoms with E-state index in [0.717, 1.165) is 24.3 Å². The highest BCUT2D eigenvalue weighted by molar-refractivity contribution is 6.30. The smallest absolute Gasteiger partial charge is 0.0457 e. The molecule has 0 aliphatic heterocycles. The van der Waals surface area contributed by atoms with Gasteiger partial charge in [-0.1, -0.05) is 37.1 Å². The molecule has 0 saturated heterocycles. The molecule has 1 saturated carbocycles. The first-order valence-electron chi connectivity index (χ1n) is 6.71. The number of aliphatic hydroxyl groups is 1. The third-order valence-electron chi connectivity index (χ3n) is 4.34. The van der Waals surface area contributed by atoms with Crippen LogP contribution in [0, 0.1) is 5.92 Å². The van der Waals surface area contributed by atoms with Crippen molar-refractivity contribution < 1.29 is 5.11 Å². The highest BCUT2D eigenvalue weighted by atomic mass is 35.5. The Morgan fingerprint density at radius 1 is 1.33 bits per heavy atom. The Morgan fingerprint density at radius 2 is 1.94 bits per heavy atom. The van der Waals surface area contributed by atoms with E-state index in [4.69, 9.17) is 17.3 Å². The van der Waals surface area contributed by atoms with Gasteiger partial charge in [-0.2, -0.15) is 0 Å². The number of benzene rings is 1. The zero-order valence-electron chi connectivity index (χ0n) is 10.9. The van der Waals surface area contributed by atoms with Crippen molar-refractivity contribution in [2.24, 2.45) is 11.7 Å². The first-order chi connectivity index (χ1) is 8.58. The van der Waals surface area contributed by atoms with E-state index < -0.39 is 0 Å². The fourth-order valence-electron chi connectivity index (χ4n) is 2.95. The third kappa shape index (κ3) is 2.56. The summed E-state index contributed by atoms with van der Waals surface area (Å²) in [6.07, 6.45) is 4.41. The molecule has 1 aromatic rings. The van der Waals surface area contributed by atoms with Crippen LogP contribution in [0.25, 0.3) is 0 Å². The van der Waals surface area contributed by atoms with Crippen molar-refractivity contribution in [1.82, 2.24) is 0 Å². The van der Waals surface area contributed by atoms with Crippen molar-refractivity contribution in [3.05, 3.63) is 34.9 Å². The Hall–Kier alpha value is -0.570. The quantitative estimate of drug-likeness (QED) is 0.861. The molecule has 0 amide bonds. The van der Waals surface area contributed by atoms with Crippen LogP contribution in [-0.4, -0.2) is 17.8 Å². The normalized spacial score (nSPS) is 21.1. The molecule has 0 unspecified atom stereocenters. The van der Waals surface area contributed by atoms with Crippen LogP contribution in [0.15, 0.2) is 24.3 Å². The standard InChI is InChI=1S/C15H22ClNO/c1-11(10-18)9-14(17)15(7-2-8-15)12-3-5-13(16)6-4-12/h3-6,11,14,18H,2,7-10,17H2,1H3/t11-,14+/m1/s1. The first kappa shape index (κ1) is 13.9. The van der Waals surface area contributed by atoms with Crippen molar-refractivity contribution in [2.75, 3.05) is 6.61 Å². The van der Waals surface area contributed by atoms with E-state index in [9.17, 15) is 5.11 Å². The number of rotatable bonds is 5. The fraction of sp³-hybridized carbons (Fsp3) is 0.600. The number of halogens is 1. The summed E-state index contributed by atoms with van der Waals surface area (Å²) in [5, 5.41) is 9.94. The van der Waals surface area contributed by atoms with Gasteiger partial charge in [0.15, 0.2) is 0 Å². The minimum atomic E-state index is 0.105. The van der Waals surface area contributed by atoms with Gasteiger partial charge in [0, 0.05) is 23.1 Å². The number of aliphatic hydroxyl groups excluding tert-OH is 1. The van der Waals surface area contributed by atoms with Crippen molar-refractivity contribution in [1.29, 1.82) is 0 Å². The number of hydrogen-bond donors (Lipinski definition) is 2. The molecule has 100 valence electrons. The molecule has 2 atom stereocenters. The highest BCUT2D eigenvalue weighted by Gasteiger charge is 2.43. The number of nitrogens with two attached hydrogens (primary N) is 1. The molecule has 3 heteroatoms. The maximum Gasteiger partial charge on any atom is 0.0457 e. The maximum absolute atomic E-state index is 9.17. The molecule has 3 N–H and O–H groups in total. The predicted octanol–water partition coefficient (Wildman–Crippen LogP) is 3.11. The second-order valence-electron chi connectivity index (χ2n) is 5.65. The van der Waals surface area contributed by atoms with Crippen LogP contribution < -0.4 is 5.73 Å². The molecular weight excluding hydrogens is 246 g/mol. The molecule has 1 aliphatic carbocycles. The van der Waals surface area contributed by atoms with Crippen LogP contribution in [0.2, 0.25) is 5.02 Å². The van der Waals surface area contributed by atoms with E-state index in [2.05, 4.69) is 12.1 Å². The summed E-state index contributed by atoms with van der Waals surface area (Å²) in [6, 6.07) is 8.21. The zero-order valence-corrected chi connectivity index (χ0v) is 11.7. The maximum atomic E-state index is 9.17. The summed E-state index contributed by atoms with van der Waals surface area (Å²) in [7, 11) is 0. The molecule has 0 aromatic heterocycles. The second kappa shape index (κ2) is 5.60. The average molecular weight is 268 g/mol. The van der Waals surface area contributed by atoms with Crippen LogP contribution >= 0.6 is 11.6 Å². The molecule has 0 heterocycles. The van der Waals surface area contributed by atoms with Gasteiger partial charge in [0.2, 0.25) is 0 Å². The lowest BCUT2D eigenvalue weighted by Crippen LogP contribution is -2.51. The van der Waals surface area contributed by atoms with Crippen molar-refractivity contribution in [3.8, 4) is 0 Å². The van der Waals surface area contributed by atoms with Crippen LogP contribution in [0.4, 0.5) is 0 Å². The Bertz CT molecular complexity index is 386. The molecule has 0 bridgehead atoms. The lowest BCUT2D eigenvalue weighted by molar-refractivity contribution is 0.153. The molecule has 1 aromatic carbocycles. The van der Waals surface area contributed by atoms with E-state index in [1.165, 1.54) is 12.0 Å². The summed E-state index contributed by atoms with van der Waals surface area (Å²) in [5.74, 6) is 0.268. The van der Waals surface area contributed by atoms with E-state index in [1.54, 1.807) is 0 Å². The van der Waals surface area contributed by atoms with Gasteiger partial charge in [0.1, 0.15) is 0 Å². The average Bonchev–Trinajstić information content (AvgIpc) is 2.30. The Labute approximate surface area is 114 Å². The molecule has 1 aliphatic rings. The van der Waals surface area contributed by atoms with Gasteiger partial charge in [-0.15, -0.1) is 0 Å². The fourth-order valence-corrected chi connectivity index (χ4v) is 3.07. The summed E-state index contributed by atoms with van der Waals surface area (Å²) in [6.45, 7) is 2.26. The molecule has 1 fully saturated rings. The van der Waals surface area contributed by atoms with Crippen molar-refractivity contribution in [2.45, 2.75) is 44.1 Å². The van der Waals surface area contributed by atoms with Crippen LogP contribution in [0.3, 0.4) is 0 Å². The summed E-state index contributed by atoms with van der Waals surface area (Å²) >= 11 is 5.95. The molecule has 2 rings (SSSR count). The van der Waals surface area contributed by atoms with Gasteiger partial charge in [0.05, 0.1) is 0 Å². The Morgan fingerprint density at radius 3 is 2.39 bits per heavy atom. The zero-order chi connectivity index (χ0) is 13.2. The lowest BCUT2D eigenvalue weighted by Gasteiger charge is -2.47. The largest absolute Gasteiger partial charge is 0.396 e. The van der Waals surface area contributed by atoms with E-state index >= 15 is 0 Å². The van der Waals surface area contributed by atoms with Crippen molar-refractivity contribution in [3.63, 3.8) is 0 Å². The van der Waals surface area contributed by atoms with E-state index in [-0.39, 0.29) is 24.0 Å². The van der Waals surface area contributed by atoms with Gasteiger partial charge < -0.3 is 10.8 Å². The van der Waals surface area contributed by atoms with Crippen LogP contribution in [0.1, 0.15) is 38.2 Å². The molecule has 0 spiro atoms. The SMILES string of the molecule is C[C@@H](CO)C[C@H](N)C1(c2ccc(Cl)cc2)CCC1. The Kier molecular flexibility index (Phi) is 4.31. The van der Waals surface area contributed by atoms with E-state index in [1.807, 2.05) is 19.1 Å². The molecular formula is C15H22ClNO. The van der Waals surface area contributed by atoms with Crippen molar-refractivity contribution >= 4 is 11.6 Å². The summed E-state index contributed by atoms with van der Waals surface area (Å²) in [4.78, 5) is 0. The van der Waals surface area contributed by atoms with Gasteiger partial charge in [-0.3, -0.25) is 0 Å². The number of hydrogen-bond acceptors (Lipinski definition) is 2. The summed E-state index contributed by atoms with van der Waals surface area (Å²) < 4.78 is 0. The Balaban J connectivity index is 2.17. The van der Waals surface area contributed by atoms with E-state index in [0.29, 0.717) is 0 Å². The van der Waals surface area contributed by atoms with Crippen LogP contribution in [-0.2, 0) is 5.41 Å². The van der Waals surface area contributed by atoms with Gasteiger partial charge in [-0.05, 0) is 42.9 Å². The third-order valence-corrected chi connectivity index (χ3v) is 4.59. The highest BCUT2D eigenvalue weighted by Crippen LogP contribution is 2.47. The lowest BCUT2D eigenvalue weighted by atomic mass is 9.59. The molecule has 2 nitrogen and oxygen atoms in total. The van der Waals surface area contributed by atoms with Gasteiger partial charge in [0.25, 0.3) is 0 Å². The van der Waals surface area contributed by atoms with Gasteiger partial charge >= 0.3 is 0 Å². The second-order valence-corrected chi connectivity index (χ2v) is 6.08. The minimum Gasteiger partial charge on any atom is -0.396 e.